The van der Waals surface area contributed by atoms with Crippen LogP contribution in [-0.2, 0) is 9.59 Å². The van der Waals surface area contributed by atoms with E-state index in [-0.39, 0.29) is 30.3 Å². The van der Waals surface area contributed by atoms with Crippen molar-refractivity contribution in [2.75, 3.05) is 23.9 Å². The van der Waals surface area contributed by atoms with E-state index < -0.39 is 11.9 Å². The summed E-state index contributed by atoms with van der Waals surface area (Å²) in [6.07, 6.45) is 0.121. The first-order chi connectivity index (χ1) is 12.5. The third kappa shape index (κ3) is 3.66. The number of nitrogens with zero attached hydrogens (tertiary/aromatic N) is 1. The SMILES string of the molecule is COc1cccc(N2C[C@H](C(=O)Nc3ccc(C(=O)O)cc3)CC2=O)c1. The van der Waals surface area contributed by atoms with Crippen LogP contribution >= 0.6 is 0 Å². The molecule has 0 radical (unpaired) electrons. The van der Waals surface area contributed by atoms with Gasteiger partial charge in [-0.1, -0.05) is 6.07 Å². The van der Waals surface area contributed by atoms with E-state index in [1.165, 1.54) is 24.3 Å². The maximum Gasteiger partial charge on any atom is 0.335 e. The number of carbonyl (C=O) groups excluding carboxylic acids is 2. The number of ether oxygens (including phenoxy) is 1. The zero-order valence-corrected chi connectivity index (χ0v) is 14.1. The fourth-order valence-electron chi connectivity index (χ4n) is 2.85. The van der Waals surface area contributed by atoms with E-state index in [0.717, 1.165) is 0 Å². The van der Waals surface area contributed by atoms with Gasteiger partial charge < -0.3 is 20.1 Å². The molecule has 0 bridgehead atoms. The molecule has 0 saturated carbocycles. The molecule has 0 unspecified atom stereocenters. The molecular weight excluding hydrogens is 336 g/mol. The highest BCUT2D eigenvalue weighted by Gasteiger charge is 2.35. The molecule has 1 aliphatic rings. The summed E-state index contributed by atoms with van der Waals surface area (Å²) in [5.41, 5.74) is 1.32. The van der Waals surface area contributed by atoms with Crippen molar-refractivity contribution < 1.29 is 24.2 Å². The lowest BCUT2D eigenvalue weighted by Gasteiger charge is -2.17. The van der Waals surface area contributed by atoms with E-state index in [1.807, 2.05) is 0 Å². The van der Waals surface area contributed by atoms with E-state index in [2.05, 4.69) is 5.32 Å². The quantitative estimate of drug-likeness (QED) is 0.859. The highest BCUT2D eigenvalue weighted by molar-refractivity contribution is 6.03. The Balaban J connectivity index is 1.67. The van der Waals surface area contributed by atoms with Crippen molar-refractivity contribution in [3.05, 3.63) is 54.1 Å². The summed E-state index contributed by atoms with van der Waals surface area (Å²) in [6, 6.07) is 13.0. The Morgan fingerprint density at radius 3 is 2.58 bits per heavy atom. The zero-order chi connectivity index (χ0) is 18.7. The van der Waals surface area contributed by atoms with Crippen LogP contribution in [0.1, 0.15) is 16.8 Å². The molecule has 2 aromatic rings. The molecule has 1 saturated heterocycles. The van der Waals surface area contributed by atoms with Gasteiger partial charge >= 0.3 is 5.97 Å². The van der Waals surface area contributed by atoms with Crippen molar-refractivity contribution in [2.24, 2.45) is 5.92 Å². The first-order valence-corrected chi connectivity index (χ1v) is 8.06. The molecule has 0 aliphatic carbocycles. The van der Waals surface area contributed by atoms with Gasteiger partial charge in [0.05, 0.1) is 18.6 Å². The van der Waals surface area contributed by atoms with Gasteiger partial charge in [-0.15, -0.1) is 0 Å². The van der Waals surface area contributed by atoms with Crippen molar-refractivity contribution in [3.63, 3.8) is 0 Å². The summed E-state index contributed by atoms with van der Waals surface area (Å²) in [5, 5.41) is 11.6. The first-order valence-electron chi connectivity index (χ1n) is 8.06. The summed E-state index contributed by atoms with van der Waals surface area (Å²) < 4.78 is 5.17. The number of amides is 2. The van der Waals surface area contributed by atoms with E-state index in [1.54, 1.807) is 36.3 Å². The second kappa shape index (κ2) is 7.26. The minimum Gasteiger partial charge on any atom is -0.497 e. The molecule has 1 atom stereocenters. The number of carbonyl (C=O) groups is 3. The van der Waals surface area contributed by atoms with Gasteiger partial charge in [0.25, 0.3) is 0 Å². The lowest BCUT2D eigenvalue weighted by atomic mass is 10.1. The van der Waals surface area contributed by atoms with Crippen LogP contribution in [0.4, 0.5) is 11.4 Å². The normalized spacial score (nSPS) is 16.4. The van der Waals surface area contributed by atoms with Crippen LogP contribution in [0.25, 0.3) is 0 Å². The molecule has 1 fully saturated rings. The number of carboxylic acids is 1. The Labute approximate surface area is 150 Å². The van der Waals surface area contributed by atoms with E-state index in [9.17, 15) is 14.4 Å². The Morgan fingerprint density at radius 1 is 1.19 bits per heavy atom. The number of anilines is 2. The molecule has 7 heteroatoms. The molecule has 1 aliphatic heterocycles. The maximum atomic E-state index is 12.4. The number of methoxy groups -OCH3 is 1. The van der Waals surface area contributed by atoms with Gasteiger partial charge in [-0.25, -0.2) is 4.79 Å². The van der Waals surface area contributed by atoms with E-state index in [0.29, 0.717) is 17.1 Å². The van der Waals surface area contributed by atoms with Gasteiger partial charge in [0, 0.05) is 30.4 Å². The summed E-state index contributed by atoms with van der Waals surface area (Å²) >= 11 is 0. The van der Waals surface area contributed by atoms with Gasteiger partial charge in [0.15, 0.2) is 0 Å². The van der Waals surface area contributed by atoms with Gasteiger partial charge in [-0.2, -0.15) is 0 Å². The summed E-state index contributed by atoms with van der Waals surface area (Å²) in [7, 11) is 1.55. The third-order valence-corrected chi connectivity index (χ3v) is 4.26. The molecule has 2 aromatic carbocycles. The lowest BCUT2D eigenvalue weighted by Crippen LogP contribution is -2.28. The molecule has 26 heavy (non-hydrogen) atoms. The maximum absolute atomic E-state index is 12.4. The van der Waals surface area contributed by atoms with Crippen LogP contribution in [0.3, 0.4) is 0 Å². The Hall–Kier alpha value is -3.35. The number of benzene rings is 2. The number of rotatable bonds is 5. The van der Waals surface area contributed by atoms with Crippen molar-refractivity contribution in [3.8, 4) is 5.75 Å². The van der Waals surface area contributed by atoms with E-state index in [4.69, 9.17) is 9.84 Å². The van der Waals surface area contributed by atoms with Crippen LogP contribution in [0.2, 0.25) is 0 Å². The van der Waals surface area contributed by atoms with Crippen LogP contribution in [0.5, 0.6) is 5.75 Å². The molecule has 2 amide bonds. The van der Waals surface area contributed by atoms with Crippen LogP contribution < -0.4 is 15.0 Å². The first kappa shape index (κ1) is 17.5. The van der Waals surface area contributed by atoms with Crippen molar-refractivity contribution in [2.45, 2.75) is 6.42 Å². The van der Waals surface area contributed by atoms with E-state index >= 15 is 0 Å². The average Bonchev–Trinajstić information content (AvgIpc) is 3.04. The fourth-order valence-corrected chi connectivity index (χ4v) is 2.85. The Kier molecular flexibility index (Phi) is 4.88. The second-order valence-corrected chi connectivity index (χ2v) is 5.98. The number of hydrogen-bond acceptors (Lipinski definition) is 4. The highest BCUT2D eigenvalue weighted by atomic mass is 16.5. The van der Waals surface area contributed by atoms with Gasteiger partial charge in [-0.05, 0) is 36.4 Å². The number of carboxylic acid groups (broad SMARTS) is 1. The van der Waals surface area contributed by atoms with Crippen LogP contribution in [-0.4, -0.2) is 36.5 Å². The fraction of sp³-hybridized carbons (Fsp3) is 0.211. The number of aromatic carboxylic acids is 1. The molecule has 2 N–H and O–H groups in total. The van der Waals surface area contributed by atoms with Gasteiger partial charge in [0.1, 0.15) is 5.75 Å². The van der Waals surface area contributed by atoms with Gasteiger partial charge in [0.2, 0.25) is 11.8 Å². The molecule has 0 aromatic heterocycles. The molecule has 0 spiro atoms. The summed E-state index contributed by atoms with van der Waals surface area (Å²) in [6.45, 7) is 0.283. The second-order valence-electron chi connectivity index (χ2n) is 5.98. The van der Waals surface area contributed by atoms with Crippen LogP contribution in [0.15, 0.2) is 48.5 Å². The molecular formula is C19H18N2O5. The van der Waals surface area contributed by atoms with Crippen molar-refractivity contribution >= 4 is 29.2 Å². The smallest absolute Gasteiger partial charge is 0.335 e. The van der Waals surface area contributed by atoms with Gasteiger partial charge in [-0.3, -0.25) is 9.59 Å². The largest absolute Gasteiger partial charge is 0.497 e. The minimum absolute atomic E-state index is 0.121. The molecule has 7 nitrogen and oxygen atoms in total. The van der Waals surface area contributed by atoms with Crippen LogP contribution in [0, 0.1) is 5.92 Å². The minimum atomic E-state index is -1.03. The van der Waals surface area contributed by atoms with Crippen molar-refractivity contribution in [1.82, 2.24) is 0 Å². The molecule has 134 valence electrons. The Morgan fingerprint density at radius 2 is 1.92 bits per heavy atom. The van der Waals surface area contributed by atoms with Crippen molar-refractivity contribution in [1.29, 1.82) is 0 Å². The predicted molar refractivity (Wildman–Crippen MR) is 95.5 cm³/mol. The molecule has 3 rings (SSSR count). The Bertz CT molecular complexity index is 847. The average molecular weight is 354 g/mol. The number of hydrogen-bond donors (Lipinski definition) is 2. The topological polar surface area (TPSA) is 95.9 Å². The highest BCUT2D eigenvalue weighted by Crippen LogP contribution is 2.28. The summed E-state index contributed by atoms with van der Waals surface area (Å²) in [4.78, 5) is 37.2. The standard InChI is InChI=1S/C19H18N2O5/c1-26-16-4-2-3-15(10-16)21-11-13(9-17(21)22)18(23)20-14-7-5-12(6-8-14)19(24)25/h2-8,10,13H,9,11H2,1H3,(H,20,23)(H,24,25)/t13-/m1/s1. The third-order valence-electron chi connectivity index (χ3n) is 4.26. The monoisotopic (exact) mass is 354 g/mol. The zero-order valence-electron chi connectivity index (χ0n) is 14.1. The number of nitrogens with one attached hydrogen (secondary N) is 1. The summed E-state index contributed by atoms with van der Waals surface area (Å²) in [5.74, 6) is -1.26. The lowest BCUT2D eigenvalue weighted by molar-refractivity contribution is -0.122. The predicted octanol–water partition coefficient (Wildman–Crippen LogP) is 2.39. The molecule has 1 heterocycles.